The summed E-state index contributed by atoms with van der Waals surface area (Å²) >= 11 is 7.64. The summed E-state index contributed by atoms with van der Waals surface area (Å²) in [5, 5.41) is 1.92. The normalized spacial score (nSPS) is 16.5. The number of rotatable bonds is 7. The quantitative estimate of drug-likeness (QED) is 0.324. The summed E-state index contributed by atoms with van der Waals surface area (Å²) in [5.41, 5.74) is 0.696. The second-order valence-electron chi connectivity index (χ2n) is 6.59. The summed E-state index contributed by atoms with van der Waals surface area (Å²) in [4.78, 5) is 17.8. The van der Waals surface area contributed by atoms with E-state index in [1.165, 1.54) is 11.8 Å². The molecule has 0 bridgehead atoms. The van der Waals surface area contributed by atoms with E-state index >= 15 is 0 Å². The Morgan fingerprint density at radius 3 is 2.86 bits per heavy atom. The maximum Gasteiger partial charge on any atom is 0.262 e. The van der Waals surface area contributed by atoms with Crippen LogP contribution in [0.1, 0.15) is 12.8 Å². The van der Waals surface area contributed by atoms with Crippen molar-refractivity contribution in [2.75, 3.05) is 19.0 Å². The van der Waals surface area contributed by atoms with Crippen LogP contribution >= 0.6 is 23.4 Å². The molecule has 0 saturated carbocycles. The molecule has 146 valence electrons. The number of hydrogen-bond acceptors (Lipinski definition) is 5. The molecule has 1 unspecified atom stereocenters. The van der Waals surface area contributed by atoms with E-state index in [0.29, 0.717) is 45.7 Å². The van der Waals surface area contributed by atoms with Crippen LogP contribution in [0.5, 0.6) is 5.75 Å². The smallest absolute Gasteiger partial charge is 0.262 e. The minimum Gasteiger partial charge on any atom is -0.491 e. The third-order valence-electron chi connectivity index (χ3n) is 4.65. The third kappa shape index (κ3) is 4.35. The van der Waals surface area contributed by atoms with Crippen molar-refractivity contribution in [3.05, 3.63) is 63.9 Å². The van der Waals surface area contributed by atoms with Crippen LogP contribution in [0, 0.1) is 0 Å². The maximum atomic E-state index is 13.0. The molecular weight excluding hydrogens is 396 g/mol. The van der Waals surface area contributed by atoms with E-state index in [9.17, 15) is 4.79 Å². The average Bonchev–Trinajstić information content (AvgIpc) is 3.22. The highest BCUT2D eigenvalue weighted by Gasteiger charge is 2.20. The number of hydrogen-bond donors (Lipinski definition) is 0. The molecule has 1 saturated heterocycles. The Morgan fingerprint density at radius 1 is 1.21 bits per heavy atom. The van der Waals surface area contributed by atoms with Gasteiger partial charge in [-0.25, -0.2) is 4.98 Å². The van der Waals surface area contributed by atoms with Crippen molar-refractivity contribution < 1.29 is 9.47 Å². The van der Waals surface area contributed by atoms with E-state index in [2.05, 4.69) is 0 Å². The Morgan fingerprint density at radius 2 is 2.04 bits per heavy atom. The van der Waals surface area contributed by atoms with Gasteiger partial charge in [-0.1, -0.05) is 47.6 Å². The fourth-order valence-electron chi connectivity index (χ4n) is 3.26. The highest BCUT2D eigenvalue weighted by atomic mass is 35.5. The predicted molar refractivity (Wildman–Crippen MR) is 113 cm³/mol. The highest BCUT2D eigenvalue weighted by molar-refractivity contribution is 7.99. The van der Waals surface area contributed by atoms with Crippen LogP contribution < -0.4 is 10.3 Å². The summed E-state index contributed by atoms with van der Waals surface area (Å²) < 4.78 is 13.2. The summed E-state index contributed by atoms with van der Waals surface area (Å²) in [6.07, 6.45) is 2.08. The summed E-state index contributed by atoms with van der Waals surface area (Å²) in [6.45, 7) is 1.76. The van der Waals surface area contributed by atoms with Gasteiger partial charge in [0.1, 0.15) is 5.75 Å². The van der Waals surface area contributed by atoms with E-state index in [4.69, 9.17) is 26.1 Å². The molecule has 0 aliphatic carbocycles. The SMILES string of the molecule is O=c1c2ccccc2nc(SCCOc2ccccc2Cl)n1CC1CCCO1. The first-order chi connectivity index (χ1) is 13.7. The zero-order valence-corrected chi connectivity index (χ0v) is 16.9. The summed E-state index contributed by atoms with van der Waals surface area (Å²) in [7, 11) is 0. The molecule has 0 amide bonds. The molecule has 1 aliphatic rings. The van der Waals surface area contributed by atoms with Crippen molar-refractivity contribution in [3.63, 3.8) is 0 Å². The van der Waals surface area contributed by atoms with Crippen LogP contribution in [-0.2, 0) is 11.3 Å². The first kappa shape index (κ1) is 19.3. The van der Waals surface area contributed by atoms with Gasteiger partial charge < -0.3 is 9.47 Å². The Bertz CT molecular complexity index is 1020. The van der Waals surface area contributed by atoms with Crippen molar-refractivity contribution in [1.29, 1.82) is 0 Å². The number of halogens is 1. The number of ether oxygens (including phenoxy) is 2. The Kier molecular flexibility index (Phi) is 6.20. The molecular formula is C21H21ClN2O3S. The largest absolute Gasteiger partial charge is 0.491 e. The van der Waals surface area contributed by atoms with Gasteiger partial charge in [0, 0.05) is 12.4 Å². The molecule has 1 fully saturated rings. The fraction of sp³-hybridized carbons (Fsp3) is 0.333. The molecule has 0 radical (unpaired) electrons. The lowest BCUT2D eigenvalue weighted by molar-refractivity contribution is 0.0937. The third-order valence-corrected chi connectivity index (χ3v) is 5.90. The number of thioether (sulfide) groups is 1. The lowest BCUT2D eigenvalue weighted by Gasteiger charge is -2.16. The van der Waals surface area contributed by atoms with Gasteiger partial charge in [0.2, 0.25) is 0 Å². The standard InChI is InChI=1S/C21H21ClN2O3S/c22-17-8-2-4-10-19(17)27-12-13-28-21-23-18-9-3-1-7-16(18)20(25)24(21)14-15-6-5-11-26-15/h1-4,7-10,15H,5-6,11-14H2. The molecule has 1 atom stereocenters. The van der Waals surface area contributed by atoms with Crippen LogP contribution in [0.25, 0.3) is 10.9 Å². The minimum absolute atomic E-state index is 0.0179. The van der Waals surface area contributed by atoms with Gasteiger partial charge in [-0.15, -0.1) is 0 Å². The fourth-order valence-corrected chi connectivity index (χ4v) is 4.27. The zero-order chi connectivity index (χ0) is 19.3. The Balaban J connectivity index is 1.52. The number of nitrogens with zero attached hydrogens (tertiary/aromatic N) is 2. The van der Waals surface area contributed by atoms with Gasteiger partial charge >= 0.3 is 0 Å². The van der Waals surface area contributed by atoms with Crippen molar-refractivity contribution >= 4 is 34.3 Å². The van der Waals surface area contributed by atoms with E-state index in [1.54, 1.807) is 10.6 Å². The summed E-state index contributed by atoms with van der Waals surface area (Å²) in [5.74, 6) is 1.31. The number of fused-ring (bicyclic) bond motifs is 1. The van der Waals surface area contributed by atoms with Crippen LogP contribution in [0.15, 0.2) is 58.5 Å². The Hall–Kier alpha value is -2.02. The second kappa shape index (κ2) is 8.99. The molecule has 28 heavy (non-hydrogen) atoms. The topological polar surface area (TPSA) is 53.3 Å². The molecule has 0 N–H and O–H groups in total. The molecule has 0 spiro atoms. The average molecular weight is 417 g/mol. The van der Waals surface area contributed by atoms with Crippen LogP contribution in [-0.4, -0.2) is 34.6 Å². The molecule has 2 heterocycles. The molecule has 3 aromatic rings. The number of benzene rings is 2. The van der Waals surface area contributed by atoms with E-state index in [-0.39, 0.29) is 11.7 Å². The van der Waals surface area contributed by atoms with E-state index in [1.807, 2.05) is 42.5 Å². The second-order valence-corrected chi connectivity index (χ2v) is 8.06. The van der Waals surface area contributed by atoms with E-state index in [0.717, 1.165) is 19.4 Å². The minimum atomic E-state index is -0.0179. The number of aromatic nitrogens is 2. The van der Waals surface area contributed by atoms with Crippen molar-refractivity contribution in [3.8, 4) is 5.75 Å². The molecule has 4 rings (SSSR count). The van der Waals surface area contributed by atoms with Crippen LogP contribution in [0.3, 0.4) is 0 Å². The molecule has 5 nitrogen and oxygen atoms in total. The van der Waals surface area contributed by atoms with Crippen molar-refractivity contribution in [2.45, 2.75) is 30.6 Å². The molecule has 2 aromatic carbocycles. The van der Waals surface area contributed by atoms with Gasteiger partial charge in [0.25, 0.3) is 5.56 Å². The first-order valence-corrected chi connectivity index (χ1v) is 10.7. The monoisotopic (exact) mass is 416 g/mol. The summed E-state index contributed by atoms with van der Waals surface area (Å²) in [6, 6.07) is 14.9. The van der Waals surface area contributed by atoms with Gasteiger partial charge in [-0.3, -0.25) is 9.36 Å². The van der Waals surface area contributed by atoms with Crippen LogP contribution in [0.2, 0.25) is 5.02 Å². The zero-order valence-electron chi connectivity index (χ0n) is 15.3. The molecule has 7 heteroatoms. The molecule has 1 aliphatic heterocycles. The van der Waals surface area contributed by atoms with Crippen LogP contribution in [0.4, 0.5) is 0 Å². The van der Waals surface area contributed by atoms with Gasteiger partial charge in [-0.05, 0) is 37.1 Å². The van der Waals surface area contributed by atoms with Gasteiger partial charge in [-0.2, -0.15) is 0 Å². The maximum absolute atomic E-state index is 13.0. The lowest BCUT2D eigenvalue weighted by atomic mass is 10.2. The molecule has 1 aromatic heterocycles. The predicted octanol–water partition coefficient (Wildman–Crippen LogP) is 4.40. The van der Waals surface area contributed by atoms with E-state index < -0.39 is 0 Å². The number of para-hydroxylation sites is 2. The van der Waals surface area contributed by atoms with Crippen molar-refractivity contribution in [2.24, 2.45) is 0 Å². The van der Waals surface area contributed by atoms with Crippen molar-refractivity contribution in [1.82, 2.24) is 9.55 Å². The highest BCUT2D eigenvalue weighted by Crippen LogP contribution is 2.24. The van der Waals surface area contributed by atoms with Gasteiger partial charge in [0.05, 0.1) is 35.2 Å². The Labute approximate surface area is 172 Å². The first-order valence-electron chi connectivity index (χ1n) is 9.33. The lowest BCUT2D eigenvalue weighted by Crippen LogP contribution is -2.29. The van der Waals surface area contributed by atoms with Gasteiger partial charge in [0.15, 0.2) is 5.16 Å².